The van der Waals surface area contributed by atoms with Gasteiger partial charge >= 0.3 is 0 Å². The van der Waals surface area contributed by atoms with Gasteiger partial charge in [-0.2, -0.15) is 0 Å². The van der Waals surface area contributed by atoms with Gasteiger partial charge in [-0.05, 0) is 80.9 Å². The number of hydrogen-bond acceptors (Lipinski definition) is 3. The molecule has 1 aromatic carbocycles. The Morgan fingerprint density at radius 3 is 2.52 bits per heavy atom. The number of rotatable bonds is 8. The van der Waals surface area contributed by atoms with Gasteiger partial charge in [-0.1, -0.05) is 31.5 Å². The van der Waals surface area contributed by atoms with Crippen molar-refractivity contribution in [1.82, 2.24) is 0 Å². The van der Waals surface area contributed by atoms with Crippen LogP contribution in [0.5, 0.6) is 0 Å². The molecule has 0 aliphatic heterocycles. The van der Waals surface area contributed by atoms with E-state index in [0.717, 1.165) is 50.5 Å². The maximum atomic E-state index is 12.7. The van der Waals surface area contributed by atoms with Gasteiger partial charge in [0.15, 0.2) is 9.84 Å². The maximum absolute atomic E-state index is 12.7. The molecule has 0 N–H and O–H groups in total. The average molecular weight is 391 g/mol. The summed E-state index contributed by atoms with van der Waals surface area (Å²) in [5.74, 6) is 0.997. The van der Waals surface area contributed by atoms with Gasteiger partial charge in [0.1, 0.15) is 5.78 Å². The van der Waals surface area contributed by atoms with Gasteiger partial charge in [0.2, 0.25) is 0 Å². The minimum atomic E-state index is -3.00. The van der Waals surface area contributed by atoms with Gasteiger partial charge in [-0.3, -0.25) is 4.79 Å². The number of sulfone groups is 1. The second kappa shape index (κ2) is 8.89. The molecule has 1 aromatic rings. The normalized spacial score (nSPS) is 23.8. The molecular weight excluding hydrogens is 356 g/mol. The molecule has 0 saturated heterocycles. The van der Waals surface area contributed by atoms with E-state index in [2.05, 4.69) is 18.2 Å². The summed E-state index contributed by atoms with van der Waals surface area (Å²) in [4.78, 5) is 12.7. The molecule has 27 heavy (non-hydrogen) atoms. The Kier molecular flexibility index (Phi) is 6.78. The molecule has 3 rings (SSSR count). The number of carbonyl (C=O) groups excluding carboxylic acids is 1. The number of fused-ring (bicyclic) bond motifs is 1. The highest BCUT2D eigenvalue weighted by Gasteiger charge is 2.30. The summed E-state index contributed by atoms with van der Waals surface area (Å²) >= 11 is 0. The van der Waals surface area contributed by atoms with E-state index >= 15 is 0 Å². The van der Waals surface area contributed by atoms with Crippen LogP contribution in [0.25, 0.3) is 0 Å². The molecule has 0 bridgehead atoms. The van der Waals surface area contributed by atoms with Crippen LogP contribution in [0.15, 0.2) is 18.2 Å². The zero-order chi connectivity index (χ0) is 19.4. The number of aryl methyl sites for hydroxylation is 2. The van der Waals surface area contributed by atoms with Gasteiger partial charge in [0.05, 0.1) is 11.0 Å². The second-order valence-electron chi connectivity index (χ2n) is 8.75. The first-order valence-electron chi connectivity index (χ1n) is 10.7. The van der Waals surface area contributed by atoms with Crippen LogP contribution in [-0.4, -0.2) is 25.2 Å². The molecule has 2 aliphatic carbocycles. The van der Waals surface area contributed by atoms with Gasteiger partial charge in [0, 0.05) is 12.3 Å². The van der Waals surface area contributed by atoms with Crippen LogP contribution in [0.2, 0.25) is 0 Å². The first-order valence-corrected chi connectivity index (χ1v) is 12.5. The fraction of sp³-hybridized carbons (Fsp3) is 0.696. The predicted octanol–water partition coefficient (Wildman–Crippen LogP) is 4.70. The highest BCUT2D eigenvalue weighted by molar-refractivity contribution is 7.92. The van der Waals surface area contributed by atoms with Gasteiger partial charge in [-0.15, -0.1) is 0 Å². The number of ketones is 1. The fourth-order valence-corrected chi connectivity index (χ4v) is 6.72. The molecule has 1 fully saturated rings. The van der Waals surface area contributed by atoms with E-state index in [0.29, 0.717) is 18.0 Å². The zero-order valence-corrected chi connectivity index (χ0v) is 17.7. The molecule has 2 aliphatic rings. The van der Waals surface area contributed by atoms with E-state index in [1.165, 1.54) is 24.0 Å². The van der Waals surface area contributed by atoms with E-state index < -0.39 is 9.84 Å². The SMILES string of the molecule is CCCC(C)S(=O)(=O)CC1CCC(C(=O)Cc2ccc3c(c2)CCC3)CC1. The third kappa shape index (κ3) is 5.22. The Bertz CT molecular complexity index is 758. The van der Waals surface area contributed by atoms with Crippen molar-refractivity contribution < 1.29 is 13.2 Å². The summed E-state index contributed by atoms with van der Waals surface area (Å²) in [5.41, 5.74) is 4.03. The van der Waals surface area contributed by atoms with Crippen LogP contribution in [0, 0.1) is 11.8 Å². The lowest BCUT2D eigenvalue weighted by molar-refractivity contribution is -0.123. The molecule has 150 valence electrons. The van der Waals surface area contributed by atoms with Crippen molar-refractivity contribution in [2.75, 3.05) is 5.75 Å². The third-order valence-corrected chi connectivity index (χ3v) is 9.02. The predicted molar refractivity (Wildman–Crippen MR) is 111 cm³/mol. The highest BCUT2D eigenvalue weighted by Crippen LogP contribution is 2.32. The minimum Gasteiger partial charge on any atom is -0.299 e. The quantitative estimate of drug-likeness (QED) is 0.647. The summed E-state index contributed by atoms with van der Waals surface area (Å²) in [6, 6.07) is 6.55. The van der Waals surface area contributed by atoms with E-state index in [9.17, 15) is 13.2 Å². The van der Waals surface area contributed by atoms with Crippen LogP contribution in [-0.2, 0) is 33.9 Å². The first-order chi connectivity index (χ1) is 12.9. The molecular formula is C23H34O3S. The Morgan fingerprint density at radius 1 is 1.11 bits per heavy atom. The number of Topliss-reactive ketones (excluding diaryl/α,β-unsaturated/α-hetero) is 1. The second-order valence-corrected chi connectivity index (χ2v) is 11.2. The Hall–Kier alpha value is -1.16. The zero-order valence-electron chi connectivity index (χ0n) is 16.9. The number of benzene rings is 1. The highest BCUT2D eigenvalue weighted by atomic mass is 32.2. The van der Waals surface area contributed by atoms with E-state index in [1.54, 1.807) is 0 Å². The van der Waals surface area contributed by atoms with Gasteiger partial charge < -0.3 is 0 Å². The number of hydrogen-bond donors (Lipinski definition) is 0. The molecule has 1 saturated carbocycles. The van der Waals surface area contributed by atoms with Crippen LogP contribution < -0.4 is 0 Å². The number of carbonyl (C=O) groups is 1. The van der Waals surface area contributed by atoms with Crippen LogP contribution in [0.3, 0.4) is 0 Å². The molecule has 1 atom stereocenters. The third-order valence-electron chi connectivity index (χ3n) is 6.62. The van der Waals surface area contributed by atoms with Crippen LogP contribution in [0.1, 0.15) is 75.5 Å². The molecule has 0 radical (unpaired) electrons. The van der Waals surface area contributed by atoms with Gasteiger partial charge in [-0.25, -0.2) is 8.42 Å². The average Bonchev–Trinajstić information content (AvgIpc) is 3.10. The fourth-order valence-electron chi connectivity index (χ4n) is 4.81. The summed E-state index contributed by atoms with van der Waals surface area (Å²) in [6.07, 6.45) is 9.20. The Balaban J connectivity index is 1.49. The maximum Gasteiger partial charge on any atom is 0.153 e. The van der Waals surface area contributed by atoms with E-state index in [1.807, 2.05) is 13.8 Å². The van der Waals surface area contributed by atoms with E-state index in [-0.39, 0.29) is 17.1 Å². The lowest BCUT2D eigenvalue weighted by Gasteiger charge is -2.28. The molecule has 0 spiro atoms. The first kappa shape index (κ1) is 20.6. The van der Waals surface area contributed by atoms with Gasteiger partial charge in [0.25, 0.3) is 0 Å². The molecule has 4 heteroatoms. The minimum absolute atomic E-state index is 0.116. The van der Waals surface area contributed by atoms with Crippen molar-refractivity contribution in [1.29, 1.82) is 0 Å². The topological polar surface area (TPSA) is 51.2 Å². The lowest BCUT2D eigenvalue weighted by atomic mass is 9.79. The summed E-state index contributed by atoms with van der Waals surface area (Å²) in [5, 5.41) is -0.235. The van der Waals surface area contributed by atoms with Crippen molar-refractivity contribution in [2.45, 2.75) is 83.3 Å². The van der Waals surface area contributed by atoms with Crippen molar-refractivity contribution in [3.05, 3.63) is 34.9 Å². The summed E-state index contributed by atoms with van der Waals surface area (Å²) in [6.45, 7) is 3.87. The standard InChI is InChI=1S/C23H34O3S/c1-3-5-17(2)27(25,26)16-18-8-12-21(13-9-18)23(24)15-19-10-11-20-6-4-7-22(20)14-19/h10-11,14,17-18,21H,3-9,12-13,15-16H2,1-2H3. The molecule has 1 unspecified atom stereocenters. The lowest BCUT2D eigenvalue weighted by Crippen LogP contribution is -2.30. The molecule has 0 aromatic heterocycles. The van der Waals surface area contributed by atoms with E-state index in [4.69, 9.17) is 0 Å². The van der Waals surface area contributed by atoms with Crippen LogP contribution >= 0.6 is 0 Å². The van der Waals surface area contributed by atoms with Crippen molar-refractivity contribution in [3.8, 4) is 0 Å². The van der Waals surface area contributed by atoms with Crippen molar-refractivity contribution in [3.63, 3.8) is 0 Å². The Morgan fingerprint density at radius 2 is 1.81 bits per heavy atom. The molecule has 0 amide bonds. The van der Waals surface area contributed by atoms with Crippen molar-refractivity contribution in [2.24, 2.45) is 11.8 Å². The monoisotopic (exact) mass is 390 g/mol. The summed E-state index contributed by atoms with van der Waals surface area (Å²) < 4.78 is 24.9. The molecule has 3 nitrogen and oxygen atoms in total. The largest absolute Gasteiger partial charge is 0.299 e. The Labute approximate surface area is 164 Å². The smallest absolute Gasteiger partial charge is 0.153 e. The molecule has 0 heterocycles. The van der Waals surface area contributed by atoms with Crippen molar-refractivity contribution >= 4 is 15.6 Å². The summed E-state index contributed by atoms with van der Waals surface area (Å²) in [7, 11) is -3.00. The van der Waals surface area contributed by atoms with Crippen LogP contribution in [0.4, 0.5) is 0 Å².